The Morgan fingerprint density at radius 1 is 1.16 bits per heavy atom. The van der Waals surface area contributed by atoms with Crippen LogP contribution < -0.4 is 5.32 Å². The number of hydrogen-bond donors (Lipinski definition) is 1. The highest BCUT2D eigenvalue weighted by Crippen LogP contribution is 2.37. The van der Waals surface area contributed by atoms with Crippen molar-refractivity contribution in [2.45, 2.75) is 24.8 Å². The molecule has 1 unspecified atom stereocenters. The first-order chi connectivity index (χ1) is 12.2. The molecule has 4 rings (SSSR count). The van der Waals surface area contributed by atoms with Gasteiger partial charge in [-0.3, -0.25) is 0 Å². The van der Waals surface area contributed by atoms with Crippen molar-refractivity contribution in [3.05, 3.63) is 48.5 Å². The van der Waals surface area contributed by atoms with Crippen LogP contribution in [0.1, 0.15) is 30.4 Å². The minimum atomic E-state index is 0.381. The van der Waals surface area contributed by atoms with Crippen LogP contribution in [0.2, 0.25) is 0 Å². The van der Waals surface area contributed by atoms with Crippen molar-refractivity contribution in [2.75, 3.05) is 32.5 Å². The summed E-state index contributed by atoms with van der Waals surface area (Å²) in [7, 11) is 4.21. The lowest BCUT2D eigenvalue weighted by molar-refractivity contribution is 0.378. The predicted molar refractivity (Wildman–Crippen MR) is 99.8 cm³/mol. The third-order valence-electron chi connectivity index (χ3n) is 4.67. The first-order valence-electron chi connectivity index (χ1n) is 8.83. The Bertz CT molecular complexity index is 838. The number of likely N-dealkylation sites (N-methyl/N-ethyl adjacent to an activating group) is 1. The zero-order valence-corrected chi connectivity index (χ0v) is 14.8. The van der Waals surface area contributed by atoms with Crippen molar-refractivity contribution in [3.8, 4) is 0 Å². The Kier molecular flexibility index (Phi) is 4.36. The molecule has 1 atom stereocenters. The van der Waals surface area contributed by atoms with Crippen LogP contribution in [0, 0.1) is 0 Å². The second-order valence-corrected chi connectivity index (χ2v) is 7.03. The topological polar surface area (TPSA) is 58.9 Å². The van der Waals surface area contributed by atoms with Gasteiger partial charge in [-0.05, 0) is 32.5 Å². The van der Waals surface area contributed by atoms with E-state index in [2.05, 4.69) is 74.2 Å². The van der Waals surface area contributed by atoms with E-state index in [0.29, 0.717) is 12.0 Å². The number of benzene rings is 1. The highest BCUT2D eigenvalue weighted by Gasteiger charge is 2.26. The molecule has 2 aromatic heterocycles. The maximum atomic E-state index is 4.56. The molecular weight excluding hydrogens is 312 g/mol. The van der Waals surface area contributed by atoms with Gasteiger partial charge in [-0.25, -0.2) is 15.0 Å². The van der Waals surface area contributed by atoms with E-state index in [4.69, 9.17) is 0 Å². The summed E-state index contributed by atoms with van der Waals surface area (Å²) in [4.78, 5) is 15.6. The first-order valence-corrected chi connectivity index (χ1v) is 8.83. The van der Waals surface area contributed by atoms with E-state index in [1.165, 1.54) is 18.4 Å². The summed E-state index contributed by atoms with van der Waals surface area (Å²) in [5.74, 6) is 1.20. The van der Waals surface area contributed by atoms with Crippen LogP contribution in [0.15, 0.2) is 43.0 Å². The van der Waals surface area contributed by atoms with Crippen LogP contribution in [0.4, 0.5) is 5.82 Å². The Balaban J connectivity index is 1.55. The maximum Gasteiger partial charge on any atom is 0.165 e. The van der Waals surface area contributed by atoms with Crippen LogP contribution in [0.25, 0.3) is 11.2 Å². The van der Waals surface area contributed by atoms with Crippen molar-refractivity contribution in [2.24, 2.45) is 0 Å². The summed E-state index contributed by atoms with van der Waals surface area (Å²) >= 11 is 0. The normalized spacial score (nSPS) is 15.6. The number of rotatable bonds is 7. The lowest BCUT2D eigenvalue weighted by atomic mass is 9.98. The summed E-state index contributed by atoms with van der Waals surface area (Å²) in [6.45, 7) is 1.78. The zero-order chi connectivity index (χ0) is 17.2. The van der Waals surface area contributed by atoms with E-state index in [1.807, 2.05) is 6.33 Å². The van der Waals surface area contributed by atoms with Crippen LogP contribution >= 0.6 is 0 Å². The van der Waals surface area contributed by atoms with Gasteiger partial charge < -0.3 is 14.8 Å². The molecule has 1 aliphatic carbocycles. The van der Waals surface area contributed by atoms with Gasteiger partial charge in [-0.1, -0.05) is 30.3 Å². The number of fused-ring (bicyclic) bond motifs is 1. The second-order valence-electron chi connectivity index (χ2n) is 7.03. The van der Waals surface area contributed by atoms with Gasteiger partial charge in [-0.15, -0.1) is 0 Å². The van der Waals surface area contributed by atoms with Gasteiger partial charge in [0.05, 0.1) is 6.33 Å². The standard InChI is InChI=1S/C19H24N6/c1-24(2)11-15(14-6-4-3-5-7-14)10-20-18-17-19(22-12-21-18)25(13-23-17)16-8-9-16/h3-7,12-13,15-16H,8-11H2,1-2H3,(H,20,21,22). The van der Waals surface area contributed by atoms with E-state index in [9.17, 15) is 0 Å². The van der Waals surface area contributed by atoms with Crippen LogP contribution in [0.3, 0.4) is 0 Å². The van der Waals surface area contributed by atoms with E-state index in [-0.39, 0.29) is 0 Å². The highest BCUT2D eigenvalue weighted by atomic mass is 15.2. The minimum Gasteiger partial charge on any atom is -0.367 e. The molecule has 25 heavy (non-hydrogen) atoms. The van der Waals surface area contributed by atoms with Gasteiger partial charge in [0.1, 0.15) is 11.8 Å². The van der Waals surface area contributed by atoms with Gasteiger partial charge in [-0.2, -0.15) is 0 Å². The molecule has 6 heteroatoms. The summed E-state index contributed by atoms with van der Waals surface area (Å²) in [5, 5.41) is 3.51. The average molecular weight is 336 g/mol. The Morgan fingerprint density at radius 2 is 1.96 bits per heavy atom. The molecular formula is C19H24N6. The fourth-order valence-corrected chi connectivity index (χ4v) is 3.27. The molecule has 130 valence electrons. The summed E-state index contributed by atoms with van der Waals surface area (Å²) < 4.78 is 2.18. The molecule has 3 aromatic rings. The van der Waals surface area contributed by atoms with Crippen LogP contribution in [-0.2, 0) is 0 Å². The largest absolute Gasteiger partial charge is 0.367 e. The molecule has 0 bridgehead atoms. The van der Waals surface area contributed by atoms with E-state index >= 15 is 0 Å². The van der Waals surface area contributed by atoms with Crippen molar-refractivity contribution < 1.29 is 0 Å². The van der Waals surface area contributed by atoms with E-state index < -0.39 is 0 Å². The van der Waals surface area contributed by atoms with Gasteiger partial charge in [0.15, 0.2) is 11.5 Å². The smallest absolute Gasteiger partial charge is 0.165 e. The van der Waals surface area contributed by atoms with E-state index in [0.717, 1.165) is 30.1 Å². The molecule has 0 saturated heterocycles. The number of anilines is 1. The summed E-state index contributed by atoms with van der Waals surface area (Å²) in [6, 6.07) is 11.2. The van der Waals surface area contributed by atoms with Crippen molar-refractivity contribution in [3.63, 3.8) is 0 Å². The van der Waals surface area contributed by atoms with E-state index in [1.54, 1.807) is 6.33 Å². The molecule has 0 spiro atoms. The van der Waals surface area contributed by atoms with Crippen molar-refractivity contribution in [1.29, 1.82) is 0 Å². The molecule has 1 aliphatic rings. The molecule has 0 aliphatic heterocycles. The van der Waals surface area contributed by atoms with Gasteiger partial charge in [0.25, 0.3) is 0 Å². The molecule has 1 aromatic carbocycles. The SMILES string of the molecule is CN(C)CC(CNc1ncnc2c1ncn2C1CC1)c1ccccc1. The van der Waals surface area contributed by atoms with Gasteiger partial charge in [0.2, 0.25) is 0 Å². The average Bonchev–Trinajstić information content (AvgIpc) is 3.38. The lowest BCUT2D eigenvalue weighted by Crippen LogP contribution is -2.25. The number of nitrogens with zero attached hydrogens (tertiary/aromatic N) is 5. The monoisotopic (exact) mass is 336 g/mol. The zero-order valence-electron chi connectivity index (χ0n) is 14.8. The van der Waals surface area contributed by atoms with Gasteiger partial charge >= 0.3 is 0 Å². The quantitative estimate of drug-likeness (QED) is 0.719. The Labute approximate surface area is 147 Å². The molecule has 1 N–H and O–H groups in total. The third kappa shape index (κ3) is 3.49. The van der Waals surface area contributed by atoms with Crippen LogP contribution in [-0.4, -0.2) is 51.6 Å². The number of nitrogens with one attached hydrogen (secondary N) is 1. The molecule has 2 heterocycles. The predicted octanol–water partition coefficient (Wildman–Crippen LogP) is 2.92. The van der Waals surface area contributed by atoms with Crippen molar-refractivity contribution in [1.82, 2.24) is 24.4 Å². The minimum absolute atomic E-state index is 0.381. The maximum absolute atomic E-state index is 4.56. The fraction of sp³-hybridized carbons (Fsp3) is 0.421. The van der Waals surface area contributed by atoms with Crippen LogP contribution in [0.5, 0.6) is 0 Å². The van der Waals surface area contributed by atoms with Crippen molar-refractivity contribution >= 4 is 17.0 Å². The van der Waals surface area contributed by atoms with Gasteiger partial charge in [0, 0.05) is 25.0 Å². The molecule has 6 nitrogen and oxygen atoms in total. The summed E-state index contributed by atoms with van der Waals surface area (Å²) in [6.07, 6.45) is 5.97. The summed E-state index contributed by atoms with van der Waals surface area (Å²) in [5.41, 5.74) is 3.13. The fourth-order valence-electron chi connectivity index (χ4n) is 3.27. The molecule has 1 fully saturated rings. The number of imidazole rings is 1. The third-order valence-corrected chi connectivity index (χ3v) is 4.67. The number of aromatic nitrogens is 4. The second kappa shape index (κ2) is 6.80. The molecule has 0 radical (unpaired) electrons. The molecule has 0 amide bonds. The lowest BCUT2D eigenvalue weighted by Gasteiger charge is -2.22. The molecule has 1 saturated carbocycles. The Morgan fingerprint density at radius 3 is 2.68 bits per heavy atom. The Hall–Kier alpha value is -2.47. The first kappa shape index (κ1) is 16.0. The highest BCUT2D eigenvalue weighted by molar-refractivity contribution is 5.82. The number of hydrogen-bond acceptors (Lipinski definition) is 5.